The van der Waals surface area contributed by atoms with Gasteiger partial charge >= 0.3 is 10.1 Å². The molecular formula is C13H10ClNO4S. The van der Waals surface area contributed by atoms with Crippen LogP contribution in [-0.2, 0) is 10.1 Å². The quantitative estimate of drug-likeness (QED) is 0.877. The molecule has 0 heterocycles. The molecule has 2 aromatic carbocycles. The summed E-state index contributed by atoms with van der Waals surface area (Å²) in [6, 6.07) is 11.3. The summed E-state index contributed by atoms with van der Waals surface area (Å²) in [4.78, 5) is 10.8. The van der Waals surface area contributed by atoms with Gasteiger partial charge in [0.05, 0.1) is 5.02 Å². The van der Waals surface area contributed by atoms with E-state index in [4.69, 9.17) is 21.5 Å². The van der Waals surface area contributed by atoms with Crippen molar-refractivity contribution < 1.29 is 17.4 Å². The molecule has 0 aliphatic carbocycles. The molecule has 0 aliphatic rings. The Morgan fingerprint density at radius 3 is 2.20 bits per heavy atom. The fraction of sp³-hybridized carbons (Fsp3) is 0. The van der Waals surface area contributed by atoms with Gasteiger partial charge < -0.3 is 9.92 Å². The van der Waals surface area contributed by atoms with E-state index in [9.17, 15) is 13.2 Å². The van der Waals surface area contributed by atoms with Crippen molar-refractivity contribution in [1.82, 2.24) is 0 Å². The number of hydrogen-bond donors (Lipinski definition) is 1. The van der Waals surface area contributed by atoms with Crippen LogP contribution in [-0.4, -0.2) is 14.3 Å². The molecule has 0 fully saturated rings. The van der Waals surface area contributed by atoms with Gasteiger partial charge in [0.2, 0.25) is 5.91 Å². The van der Waals surface area contributed by atoms with E-state index in [0.29, 0.717) is 0 Å². The average Bonchev–Trinajstić information content (AvgIpc) is 2.41. The van der Waals surface area contributed by atoms with E-state index >= 15 is 0 Å². The molecule has 5 nitrogen and oxygen atoms in total. The Labute approximate surface area is 121 Å². The Balaban J connectivity index is 2.31. The molecule has 0 saturated heterocycles. The molecule has 2 aromatic rings. The van der Waals surface area contributed by atoms with Gasteiger partial charge in [0.15, 0.2) is 5.75 Å². The Kier molecular flexibility index (Phi) is 3.96. The molecule has 2 N–H and O–H groups in total. The lowest BCUT2D eigenvalue weighted by molar-refractivity contribution is 0.1000. The summed E-state index contributed by atoms with van der Waals surface area (Å²) < 4.78 is 29.0. The highest BCUT2D eigenvalue weighted by Gasteiger charge is 2.18. The van der Waals surface area contributed by atoms with Crippen molar-refractivity contribution in [3.8, 4) is 5.75 Å². The second kappa shape index (κ2) is 5.52. The van der Waals surface area contributed by atoms with Gasteiger partial charge in [0.1, 0.15) is 4.90 Å². The van der Waals surface area contributed by atoms with Crippen LogP contribution < -0.4 is 9.92 Å². The molecular weight excluding hydrogens is 302 g/mol. The van der Waals surface area contributed by atoms with E-state index in [-0.39, 0.29) is 21.2 Å². The zero-order valence-corrected chi connectivity index (χ0v) is 11.7. The third kappa shape index (κ3) is 3.09. The van der Waals surface area contributed by atoms with Crippen LogP contribution in [0, 0.1) is 0 Å². The van der Waals surface area contributed by atoms with E-state index in [1.54, 1.807) is 12.1 Å². The van der Waals surface area contributed by atoms with Crippen LogP contribution in [0.25, 0.3) is 0 Å². The maximum absolute atomic E-state index is 12.0. The van der Waals surface area contributed by atoms with Crippen LogP contribution in [0.15, 0.2) is 53.4 Å². The highest BCUT2D eigenvalue weighted by atomic mass is 35.5. The van der Waals surface area contributed by atoms with E-state index < -0.39 is 16.0 Å². The predicted molar refractivity (Wildman–Crippen MR) is 74.2 cm³/mol. The van der Waals surface area contributed by atoms with Crippen molar-refractivity contribution in [1.29, 1.82) is 0 Å². The number of para-hydroxylation sites is 1. The zero-order chi connectivity index (χ0) is 14.8. The van der Waals surface area contributed by atoms with Gasteiger partial charge in [-0.25, -0.2) is 0 Å². The first-order chi connectivity index (χ1) is 9.40. The Bertz CT molecular complexity index is 741. The molecule has 20 heavy (non-hydrogen) atoms. The normalized spacial score (nSPS) is 11.1. The van der Waals surface area contributed by atoms with E-state index in [1.165, 1.54) is 36.4 Å². The molecule has 0 spiro atoms. The first-order valence-electron chi connectivity index (χ1n) is 5.49. The van der Waals surface area contributed by atoms with Crippen LogP contribution in [0.4, 0.5) is 0 Å². The summed E-state index contributed by atoms with van der Waals surface area (Å²) in [5.41, 5.74) is 5.29. The summed E-state index contributed by atoms with van der Waals surface area (Å²) in [5.74, 6) is -0.603. The van der Waals surface area contributed by atoms with Crippen LogP contribution in [0.1, 0.15) is 10.4 Å². The predicted octanol–water partition coefficient (Wildman–Crippen LogP) is 2.21. The highest BCUT2D eigenvalue weighted by Crippen LogP contribution is 2.26. The molecule has 104 valence electrons. The van der Waals surface area contributed by atoms with Gasteiger partial charge in [0.25, 0.3) is 0 Å². The van der Waals surface area contributed by atoms with Crippen molar-refractivity contribution in [2.75, 3.05) is 0 Å². The molecule has 0 atom stereocenters. The number of rotatable bonds is 4. The van der Waals surface area contributed by atoms with Gasteiger partial charge in [-0.2, -0.15) is 8.42 Å². The number of halogens is 1. The molecule has 7 heteroatoms. The minimum absolute atomic E-state index is 0.0353. The van der Waals surface area contributed by atoms with Crippen molar-refractivity contribution in [2.45, 2.75) is 4.90 Å². The van der Waals surface area contributed by atoms with E-state index in [1.807, 2.05) is 0 Å². The standard InChI is InChI=1S/C13H10ClNO4S/c14-11-3-1-2-4-12(11)19-20(17,18)10-7-5-9(6-8-10)13(15)16/h1-8H,(H2,15,16). The molecule has 0 aliphatic heterocycles. The number of nitrogens with two attached hydrogens (primary N) is 1. The number of carbonyl (C=O) groups is 1. The Morgan fingerprint density at radius 1 is 1.05 bits per heavy atom. The molecule has 2 rings (SSSR count). The first kappa shape index (κ1) is 14.4. The minimum atomic E-state index is -4.01. The third-order valence-electron chi connectivity index (χ3n) is 2.46. The van der Waals surface area contributed by atoms with Gasteiger partial charge in [-0.05, 0) is 36.4 Å². The SMILES string of the molecule is NC(=O)c1ccc(S(=O)(=O)Oc2ccccc2Cl)cc1. The number of amides is 1. The van der Waals surface area contributed by atoms with Crippen LogP contribution >= 0.6 is 11.6 Å². The number of hydrogen-bond acceptors (Lipinski definition) is 4. The lowest BCUT2D eigenvalue weighted by Crippen LogP contribution is -2.13. The summed E-state index contributed by atoms with van der Waals surface area (Å²) in [7, 11) is -4.01. The van der Waals surface area contributed by atoms with E-state index in [0.717, 1.165) is 0 Å². The van der Waals surface area contributed by atoms with Crippen LogP contribution in [0.2, 0.25) is 5.02 Å². The number of carbonyl (C=O) groups excluding carboxylic acids is 1. The lowest BCUT2D eigenvalue weighted by Gasteiger charge is -2.08. The largest absolute Gasteiger partial charge is 0.377 e. The van der Waals surface area contributed by atoms with Crippen molar-refractivity contribution in [3.63, 3.8) is 0 Å². The Hall–Kier alpha value is -2.05. The molecule has 1 amide bonds. The lowest BCUT2D eigenvalue weighted by atomic mass is 10.2. The van der Waals surface area contributed by atoms with Crippen molar-refractivity contribution >= 4 is 27.6 Å². The second-order valence-electron chi connectivity index (χ2n) is 3.86. The molecule has 0 saturated carbocycles. The van der Waals surface area contributed by atoms with Gasteiger partial charge in [-0.3, -0.25) is 4.79 Å². The minimum Gasteiger partial charge on any atom is -0.377 e. The fourth-order valence-electron chi connectivity index (χ4n) is 1.46. The van der Waals surface area contributed by atoms with Crippen molar-refractivity contribution in [2.24, 2.45) is 5.73 Å². The second-order valence-corrected chi connectivity index (χ2v) is 5.81. The maximum atomic E-state index is 12.0. The highest BCUT2D eigenvalue weighted by molar-refractivity contribution is 7.87. The zero-order valence-electron chi connectivity index (χ0n) is 10.1. The summed E-state index contributed by atoms with van der Waals surface area (Å²) in [6.07, 6.45) is 0. The van der Waals surface area contributed by atoms with Crippen LogP contribution in [0.3, 0.4) is 0 Å². The monoisotopic (exact) mass is 311 g/mol. The fourth-order valence-corrected chi connectivity index (χ4v) is 2.63. The summed E-state index contributed by atoms with van der Waals surface area (Å²) in [6.45, 7) is 0. The third-order valence-corrected chi connectivity index (χ3v) is 4.02. The smallest absolute Gasteiger partial charge is 0.339 e. The van der Waals surface area contributed by atoms with Crippen molar-refractivity contribution in [3.05, 3.63) is 59.1 Å². The van der Waals surface area contributed by atoms with Crippen LogP contribution in [0.5, 0.6) is 5.75 Å². The Morgan fingerprint density at radius 2 is 1.65 bits per heavy atom. The molecule has 0 unspecified atom stereocenters. The van der Waals surface area contributed by atoms with E-state index in [2.05, 4.69) is 0 Å². The topological polar surface area (TPSA) is 86.5 Å². The van der Waals surface area contributed by atoms with Gasteiger partial charge in [0, 0.05) is 5.56 Å². The van der Waals surface area contributed by atoms with Gasteiger partial charge in [-0.15, -0.1) is 0 Å². The molecule has 0 bridgehead atoms. The average molecular weight is 312 g/mol. The maximum Gasteiger partial charge on any atom is 0.339 e. The number of primary amides is 1. The molecule has 0 radical (unpaired) electrons. The summed E-state index contributed by atoms with van der Waals surface area (Å²) >= 11 is 5.83. The number of benzene rings is 2. The first-order valence-corrected chi connectivity index (χ1v) is 7.27. The van der Waals surface area contributed by atoms with Gasteiger partial charge in [-0.1, -0.05) is 23.7 Å². The molecule has 0 aromatic heterocycles. The summed E-state index contributed by atoms with van der Waals surface area (Å²) in [5, 5.41) is 0.185.